The van der Waals surface area contributed by atoms with Gasteiger partial charge in [0.2, 0.25) is 15.9 Å². The molecule has 0 aliphatic rings. The Labute approximate surface area is 186 Å². The van der Waals surface area contributed by atoms with Crippen LogP contribution in [-0.2, 0) is 27.8 Å². The van der Waals surface area contributed by atoms with Gasteiger partial charge >= 0.3 is 0 Å². The molecule has 9 heteroatoms. The van der Waals surface area contributed by atoms with Gasteiger partial charge in [0, 0.05) is 32.0 Å². The number of nitrogens with zero attached hydrogens (tertiary/aromatic N) is 3. The number of likely N-dealkylation sites (N-methyl/N-ethyl adjacent to an activating group) is 1. The van der Waals surface area contributed by atoms with E-state index in [4.69, 9.17) is 5.14 Å². The molecule has 0 bridgehead atoms. The van der Waals surface area contributed by atoms with E-state index in [9.17, 15) is 13.2 Å². The second-order valence-electron chi connectivity index (χ2n) is 8.21. The third-order valence-corrected chi connectivity index (χ3v) is 6.62. The number of aryl methyl sites for hydroxylation is 2. The van der Waals surface area contributed by atoms with Crippen molar-refractivity contribution >= 4 is 27.0 Å². The topological polar surface area (TPSA) is 110 Å². The first kappa shape index (κ1) is 25.3. The van der Waals surface area contributed by atoms with Crippen molar-refractivity contribution in [1.82, 2.24) is 19.8 Å². The van der Waals surface area contributed by atoms with Gasteiger partial charge in [-0.2, -0.15) is 0 Å². The Bertz CT molecular complexity index is 980. The molecule has 2 aromatic rings. The van der Waals surface area contributed by atoms with Crippen LogP contribution in [0.25, 0.3) is 11.0 Å². The summed E-state index contributed by atoms with van der Waals surface area (Å²) < 4.78 is 25.4. The average molecular weight is 452 g/mol. The number of fused-ring (bicyclic) bond motifs is 1. The highest BCUT2D eigenvalue weighted by Crippen LogP contribution is 2.21. The highest BCUT2D eigenvalue weighted by Gasteiger charge is 2.20. The van der Waals surface area contributed by atoms with Crippen LogP contribution in [0.5, 0.6) is 0 Å². The fourth-order valence-corrected chi connectivity index (χ4v) is 4.55. The zero-order valence-electron chi connectivity index (χ0n) is 19.4. The van der Waals surface area contributed by atoms with E-state index in [2.05, 4.69) is 54.4 Å². The lowest BCUT2D eigenvalue weighted by Gasteiger charge is -2.32. The molecule has 0 unspecified atom stereocenters. The molecule has 174 valence electrons. The number of carbonyl (C=O) groups excluding carboxylic acids is 1. The van der Waals surface area contributed by atoms with Gasteiger partial charge in [0.1, 0.15) is 5.82 Å². The van der Waals surface area contributed by atoms with Crippen LogP contribution >= 0.6 is 0 Å². The maximum Gasteiger partial charge on any atom is 0.238 e. The van der Waals surface area contributed by atoms with Crippen molar-refractivity contribution in [2.75, 3.05) is 19.6 Å². The number of hydrogen-bond donors (Lipinski definition) is 2. The van der Waals surface area contributed by atoms with Crippen LogP contribution < -0.4 is 10.5 Å². The quantitative estimate of drug-likeness (QED) is 0.515. The summed E-state index contributed by atoms with van der Waals surface area (Å²) in [5.41, 5.74) is 1.43. The van der Waals surface area contributed by atoms with Crippen molar-refractivity contribution in [2.24, 2.45) is 11.1 Å². The number of nitrogens with one attached hydrogen (secondary N) is 1. The molecule has 3 N–H and O–H groups in total. The number of amides is 1. The molecule has 0 radical (unpaired) electrons. The molecule has 0 fully saturated rings. The normalized spacial score (nSPS) is 13.3. The third-order valence-electron chi connectivity index (χ3n) is 5.71. The molecular weight excluding hydrogens is 414 g/mol. The highest BCUT2D eigenvalue weighted by molar-refractivity contribution is 7.89. The lowest BCUT2D eigenvalue weighted by atomic mass is 10.0. The second kappa shape index (κ2) is 11.1. The van der Waals surface area contributed by atoms with Gasteiger partial charge in [-0.3, -0.25) is 9.69 Å². The van der Waals surface area contributed by atoms with Gasteiger partial charge in [-0.1, -0.05) is 34.6 Å². The van der Waals surface area contributed by atoms with E-state index < -0.39 is 10.0 Å². The molecule has 1 aromatic carbocycles. The van der Waals surface area contributed by atoms with Crippen LogP contribution in [0, 0.1) is 5.92 Å². The molecule has 8 nitrogen and oxygen atoms in total. The first-order chi connectivity index (χ1) is 14.6. The van der Waals surface area contributed by atoms with Gasteiger partial charge in [-0.15, -0.1) is 0 Å². The molecule has 1 amide bonds. The number of rotatable bonds is 12. The predicted molar refractivity (Wildman–Crippen MR) is 124 cm³/mol. The van der Waals surface area contributed by atoms with E-state index >= 15 is 0 Å². The summed E-state index contributed by atoms with van der Waals surface area (Å²) in [4.78, 5) is 19.6. The number of hydrogen-bond acceptors (Lipinski definition) is 5. The van der Waals surface area contributed by atoms with Crippen molar-refractivity contribution < 1.29 is 13.2 Å². The first-order valence-electron chi connectivity index (χ1n) is 11.1. The van der Waals surface area contributed by atoms with Crippen LogP contribution in [0.4, 0.5) is 0 Å². The molecule has 1 heterocycles. The number of nitrogens with two attached hydrogens (primary N) is 1. The lowest BCUT2D eigenvalue weighted by Crippen LogP contribution is -2.46. The zero-order chi connectivity index (χ0) is 23.2. The molecule has 1 aromatic heterocycles. The molecule has 0 aliphatic carbocycles. The smallest absolute Gasteiger partial charge is 0.238 e. The van der Waals surface area contributed by atoms with Crippen LogP contribution in [0.15, 0.2) is 23.1 Å². The standard InChI is InChI=1S/C22H37N5O3S/c1-6-13-27-19-10-9-17(31(23,29)30)14-18(19)25-21(27)11-12-22(28)24-15-20(16(4)5)26(7-2)8-3/h9-10,14,16,20H,6-8,11-13,15H2,1-5H3,(H,24,28)(H2,23,29,30)/t20-/m0/s1. The highest BCUT2D eigenvalue weighted by atomic mass is 32.2. The zero-order valence-corrected chi connectivity index (χ0v) is 20.2. The van der Waals surface area contributed by atoms with E-state index in [0.717, 1.165) is 37.4 Å². The molecule has 1 atom stereocenters. The second-order valence-corrected chi connectivity index (χ2v) is 9.77. The van der Waals surface area contributed by atoms with E-state index in [1.54, 1.807) is 6.07 Å². The number of imidazole rings is 1. The molecule has 31 heavy (non-hydrogen) atoms. The fourth-order valence-electron chi connectivity index (χ4n) is 4.01. The molecule has 0 aliphatic heterocycles. The van der Waals surface area contributed by atoms with Crippen LogP contribution in [0.1, 0.15) is 53.3 Å². The third kappa shape index (κ3) is 6.51. The fraction of sp³-hybridized carbons (Fsp3) is 0.636. The summed E-state index contributed by atoms with van der Waals surface area (Å²) in [7, 11) is -3.79. The van der Waals surface area contributed by atoms with E-state index in [0.29, 0.717) is 36.9 Å². The number of aromatic nitrogens is 2. The number of carbonyl (C=O) groups is 1. The summed E-state index contributed by atoms with van der Waals surface area (Å²) in [6, 6.07) is 5.04. The maximum absolute atomic E-state index is 12.6. The Morgan fingerprint density at radius 1 is 1.23 bits per heavy atom. The number of sulfonamides is 1. The van der Waals surface area contributed by atoms with Gasteiger partial charge in [0.15, 0.2) is 0 Å². The minimum absolute atomic E-state index is 0.00173. The Morgan fingerprint density at radius 3 is 2.45 bits per heavy atom. The van der Waals surface area contributed by atoms with Gasteiger partial charge in [0.25, 0.3) is 0 Å². The largest absolute Gasteiger partial charge is 0.355 e. The molecular formula is C22H37N5O3S. The number of primary sulfonamides is 1. The maximum atomic E-state index is 12.6. The van der Waals surface area contributed by atoms with Crippen molar-refractivity contribution in [3.05, 3.63) is 24.0 Å². The van der Waals surface area contributed by atoms with Crippen LogP contribution in [0.2, 0.25) is 0 Å². The minimum atomic E-state index is -3.79. The SMILES string of the molecule is CCCn1c(CCC(=O)NC[C@@H](C(C)C)N(CC)CC)nc2cc(S(N)(=O)=O)ccc21. The van der Waals surface area contributed by atoms with E-state index in [1.807, 2.05) is 0 Å². The molecule has 0 saturated heterocycles. The van der Waals surface area contributed by atoms with Crippen molar-refractivity contribution in [3.63, 3.8) is 0 Å². The van der Waals surface area contributed by atoms with E-state index in [1.165, 1.54) is 12.1 Å². The minimum Gasteiger partial charge on any atom is -0.355 e. The summed E-state index contributed by atoms with van der Waals surface area (Å²) in [6.07, 6.45) is 1.72. The summed E-state index contributed by atoms with van der Waals surface area (Å²) in [5, 5.41) is 8.34. The predicted octanol–water partition coefficient (Wildman–Crippen LogP) is 2.51. The van der Waals surface area contributed by atoms with Gasteiger partial charge < -0.3 is 9.88 Å². The van der Waals surface area contributed by atoms with Crippen LogP contribution in [-0.4, -0.2) is 54.5 Å². The number of benzene rings is 1. The molecule has 0 spiro atoms. The summed E-state index contributed by atoms with van der Waals surface area (Å²) in [5.74, 6) is 1.22. The van der Waals surface area contributed by atoms with Crippen molar-refractivity contribution in [2.45, 2.75) is 71.4 Å². The first-order valence-corrected chi connectivity index (χ1v) is 12.7. The molecule has 2 rings (SSSR count). The van der Waals surface area contributed by atoms with Gasteiger partial charge in [-0.25, -0.2) is 18.5 Å². The Hall–Kier alpha value is -1.97. The summed E-state index contributed by atoms with van der Waals surface area (Å²) >= 11 is 0. The van der Waals surface area contributed by atoms with Crippen molar-refractivity contribution in [3.8, 4) is 0 Å². The lowest BCUT2D eigenvalue weighted by molar-refractivity contribution is -0.121. The van der Waals surface area contributed by atoms with Gasteiger partial charge in [-0.05, 0) is 43.6 Å². The van der Waals surface area contributed by atoms with Crippen molar-refractivity contribution in [1.29, 1.82) is 0 Å². The van der Waals surface area contributed by atoms with Crippen LogP contribution in [0.3, 0.4) is 0 Å². The Balaban J connectivity index is 2.12. The Kier molecular flexibility index (Phi) is 9.02. The van der Waals surface area contributed by atoms with E-state index in [-0.39, 0.29) is 10.8 Å². The average Bonchev–Trinajstić information content (AvgIpc) is 3.05. The summed E-state index contributed by atoms with van der Waals surface area (Å²) in [6.45, 7) is 14.0. The Morgan fingerprint density at radius 2 is 1.90 bits per heavy atom. The molecule has 0 saturated carbocycles. The van der Waals surface area contributed by atoms with Gasteiger partial charge in [0.05, 0.1) is 15.9 Å². The monoisotopic (exact) mass is 451 g/mol.